The normalized spacial score (nSPS) is 15.6. The summed E-state index contributed by atoms with van der Waals surface area (Å²) in [5.74, 6) is -0.383. The Bertz CT molecular complexity index is 1400. The highest BCUT2D eigenvalue weighted by Crippen LogP contribution is 2.19. The molecule has 2 aromatic heterocycles. The number of carbonyl (C=O) groups excluding carboxylic acids is 2. The number of nitrogens with zero attached hydrogens (tertiary/aromatic N) is 3. The maximum absolute atomic E-state index is 13.3. The van der Waals surface area contributed by atoms with E-state index in [4.69, 9.17) is 0 Å². The van der Waals surface area contributed by atoms with Crippen LogP contribution >= 0.6 is 0 Å². The van der Waals surface area contributed by atoms with Gasteiger partial charge in [0.15, 0.2) is 5.78 Å². The number of amides is 1. The van der Waals surface area contributed by atoms with Crippen LogP contribution in [0.3, 0.4) is 0 Å². The Morgan fingerprint density at radius 2 is 1.81 bits per heavy atom. The Morgan fingerprint density at radius 3 is 2.44 bits per heavy atom. The monoisotopic (exact) mass is 432 g/mol. The third-order valence-electron chi connectivity index (χ3n) is 5.73. The van der Waals surface area contributed by atoms with Gasteiger partial charge in [-0.3, -0.25) is 23.5 Å². The number of hydrogen-bond donors (Lipinski definition) is 1. The fourth-order valence-corrected chi connectivity index (χ4v) is 3.99. The number of hydrogen-bond acceptors (Lipinski definition) is 4. The Hall–Kier alpha value is -3.94. The predicted molar refractivity (Wildman–Crippen MR) is 122 cm³/mol. The molecular formula is C24H24N4O4. The van der Waals surface area contributed by atoms with Crippen LogP contribution in [0.5, 0.6) is 0 Å². The molecule has 0 aliphatic heterocycles. The van der Waals surface area contributed by atoms with Crippen LogP contribution in [0.25, 0.3) is 11.0 Å². The van der Waals surface area contributed by atoms with Crippen LogP contribution in [0, 0.1) is 0 Å². The van der Waals surface area contributed by atoms with Gasteiger partial charge in [0.05, 0.1) is 11.4 Å². The molecule has 1 N–H and O–H groups in total. The molecule has 0 radical (unpaired) electrons. The molecule has 32 heavy (non-hydrogen) atoms. The average molecular weight is 432 g/mol. The lowest BCUT2D eigenvalue weighted by atomic mass is 10.0. The lowest BCUT2D eigenvalue weighted by Crippen LogP contribution is -2.37. The van der Waals surface area contributed by atoms with Gasteiger partial charge >= 0.3 is 5.69 Å². The number of aryl methyl sites for hydroxylation is 1. The summed E-state index contributed by atoms with van der Waals surface area (Å²) in [6.07, 6.45) is 5.78. The molecule has 4 rings (SSSR count). The molecule has 0 saturated heterocycles. The van der Waals surface area contributed by atoms with Crippen molar-refractivity contribution in [3.63, 3.8) is 0 Å². The molecule has 1 amide bonds. The Morgan fingerprint density at radius 1 is 1.09 bits per heavy atom. The smallest absolute Gasteiger partial charge is 0.332 e. The summed E-state index contributed by atoms with van der Waals surface area (Å²) in [5.41, 5.74) is 1.32. The first kappa shape index (κ1) is 21.3. The first-order valence-electron chi connectivity index (χ1n) is 10.3. The third kappa shape index (κ3) is 3.75. The quantitative estimate of drug-likeness (QED) is 0.663. The SMILES string of the molecule is CC(=O)C1=CCC(NC(=O)c2cc3c(=O)n(C)c(=O)n(C)c3n2Cc2ccccc2)C=C1. The van der Waals surface area contributed by atoms with Crippen LogP contribution in [0.1, 0.15) is 29.4 Å². The van der Waals surface area contributed by atoms with E-state index in [1.807, 2.05) is 30.3 Å². The maximum atomic E-state index is 13.3. The summed E-state index contributed by atoms with van der Waals surface area (Å²) in [6, 6.07) is 10.8. The number of fused-ring (bicyclic) bond motifs is 1. The molecule has 0 fully saturated rings. The van der Waals surface area contributed by atoms with E-state index in [0.717, 1.165) is 10.1 Å². The topological polar surface area (TPSA) is 95.1 Å². The van der Waals surface area contributed by atoms with Gasteiger partial charge in [0, 0.05) is 26.2 Å². The van der Waals surface area contributed by atoms with Gasteiger partial charge in [-0.1, -0.05) is 48.6 Å². The molecule has 2 heterocycles. The first-order chi connectivity index (χ1) is 15.3. The predicted octanol–water partition coefficient (Wildman–Crippen LogP) is 1.66. The highest BCUT2D eigenvalue weighted by atomic mass is 16.2. The van der Waals surface area contributed by atoms with Gasteiger partial charge in [0.2, 0.25) is 0 Å². The van der Waals surface area contributed by atoms with Crippen molar-refractivity contribution in [1.82, 2.24) is 19.0 Å². The van der Waals surface area contributed by atoms with E-state index in [9.17, 15) is 19.2 Å². The van der Waals surface area contributed by atoms with Gasteiger partial charge in [-0.05, 0) is 25.0 Å². The summed E-state index contributed by atoms with van der Waals surface area (Å²) in [4.78, 5) is 50.1. The van der Waals surface area contributed by atoms with Gasteiger partial charge < -0.3 is 9.88 Å². The van der Waals surface area contributed by atoms with Crippen LogP contribution in [0.2, 0.25) is 0 Å². The molecule has 164 valence electrons. The summed E-state index contributed by atoms with van der Waals surface area (Å²) in [5, 5.41) is 3.25. The van der Waals surface area contributed by atoms with Crippen molar-refractivity contribution in [2.24, 2.45) is 14.1 Å². The Balaban J connectivity index is 1.78. The fraction of sp³-hybridized carbons (Fsp3) is 0.250. The van der Waals surface area contributed by atoms with Crippen molar-refractivity contribution >= 4 is 22.7 Å². The minimum atomic E-state index is -0.459. The third-order valence-corrected chi connectivity index (χ3v) is 5.73. The zero-order valence-corrected chi connectivity index (χ0v) is 18.2. The second-order valence-corrected chi connectivity index (χ2v) is 7.93. The van der Waals surface area contributed by atoms with E-state index < -0.39 is 11.2 Å². The van der Waals surface area contributed by atoms with E-state index >= 15 is 0 Å². The van der Waals surface area contributed by atoms with Crippen LogP contribution in [0.4, 0.5) is 0 Å². The molecule has 1 aliphatic rings. The number of carbonyl (C=O) groups is 2. The molecule has 0 spiro atoms. The zero-order chi connectivity index (χ0) is 23.0. The molecule has 8 heteroatoms. The van der Waals surface area contributed by atoms with E-state index in [0.29, 0.717) is 29.6 Å². The lowest BCUT2D eigenvalue weighted by Gasteiger charge is -2.18. The van der Waals surface area contributed by atoms with Crippen molar-refractivity contribution in [3.8, 4) is 0 Å². The zero-order valence-electron chi connectivity index (χ0n) is 18.2. The lowest BCUT2D eigenvalue weighted by molar-refractivity contribution is -0.113. The molecule has 1 aliphatic carbocycles. The molecule has 1 unspecified atom stereocenters. The van der Waals surface area contributed by atoms with Gasteiger partial charge in [0.25, 0.3) is 11.5 Å². The number of Topliss-reactive ketones (excluding diaryl/α,β-unsaturated/α-hetero) is 1. The van der Waals surface area contributed by atoms with E-state index in [1.54, 1.807) is 35.9 Å². The van der Waals surface area contributed by atoms with Crippen molar-refractivity contribution in [2.75, 3.05) is 0 Å². The van der Waals surface area contributed by atoms with Gasteiger partial charge in [0.1, 0.15) is 11.3 Å². The van der Waals surface area contributed by atoms with Crippen LogP contribution in [0.15, 0.2) is 69.8 Å². The summed E-state index contributed by atoms with van der Waals surface area (Å²) in [6.45, 7) is 1.82. The minimum absolute atomic E-state index is 0.0224. The van der Waals surface area contributed by atoms with Gasteiger partial charge in [-0.25, -0.2) is 4.79 Å². The minimum Gasteiger partial charge on any atom is -0.344 e. The van der Waals surface area contributed by atoms with E-state index in [1.165, 1.54) is 18.5 Å². The highest BCUT2D eigenvalue weighted by molar-refractivity contribution is 5.99. The summed E-state index contributed by atoms with van der Waals surface area (Å²) >= 11 is 0. The van der Waals surface area contributed by atoms with E-state index in [2.05, 4.69) is 5.32 Å². The number of benzene rings is 1. The van der Waals surface area contributed by atoms with Crippen LogP contribution < -0.4 is 16.6 Å². The Labute approximate surface area is 184 Å². The second kappa shape index (κ2) is 8.30. The standard InChI is InChI=1S/C24H24N4O4/c1-15(29)17-9-11-18(12-10-17)25-21(30)20-13-19-22(26(2)24(32)27(3)23(19)31)28(20)14-16-7-5-4-6-8-16/h4-11,13,18H,12,14H2,1-3H3,(H,25,30). The van der Waals surface area contributed by atoms with Crippen molar-refractivity contribution < 1.29 is 9.59 Å². The molecule has 0 bridgehead atoms. The number of rotatable bonds is 5. The van der Waals surface area contributed by atoms with Crippen molar-refractivity contribution in [2.45, 2.75) is 25.9 Å². The largest absolute Gasteiger partial charge is 0.344 e. The summed E-state index contributed by atoms with van der Waals surface area (Å²) < 4.78 is 4.12. The fourth-order valence-electron chi connectivity index (χ4n) is 3.99. The number of ketones is 1. The second-order valence-electron chi connectivity index (χ2n) is 7.93. The average Bonchev–Trinajstić information content (AvgIpc) is 3.16. The number of aromatic nitrogens is 3. The molecule has 0 saturated carbocycles. The Kier molecular flexibility index (Phi) is 5.52. The molecule has 1 atom stereocenters. The highest BCUT2D eigenvalue weighted by Gasteiger charge is 2.23. The van der Waals surface area contributed by atoms with Gasteiger partial charge in [-0.2, -0.15) is 0 Å². The first-order valence-corrected chi connectivity index (χ1v) is 10.3. The number of allylic oxidation sites excluding steroid dienone is 2. The van der Waals surface area contributed by atoms with Crippen molar-refractivity contribution in [1.29, 1.82) is 0 Å². The molecule has 3 aromatic rings. The number of nitrogens with one attached hydrogen (secondary N) is 1. The maximum Gasteiger partial charge on any atom is 0.332 e. The van der Waals surface area contributed by atoms with Crippen molar-refractivity contribution in [3.05, 3.63) is 92.3 Å². The van der Waals surface area contributed by atoms with Crippen LogP contribution in [-0.4, -0.2) is 31.4 Å². The molecule has 8 nitrogen and oxygen atoms in total. The van der Waals surface area contributed by atoms with Crippen LogP contribution in [-0.2, 0) is 25.4 Å². The van der Waals surface area contributed by atoms with E-state index in [-0.39, 0.29) is 23.4 Å². The van der Waals surface area contributed by atoms with Gasteiger partial charge in [-0.15, -0.1) is 0 Å². The summed E-state index contributed by atoms with van der Waals surface area (Å²) in [7, 11) is 3.01. The molecule has 1 aromatic carbocycles. The molecular weight excluding hydrogens is 408 g/mol.